The van der Waals surface area contributed by atoms with Crippen molar-refractivity contribution < 1.29 is 33.0 Å². The predicted molar refractivity (Wildman–Crippen MR) is 84.5 cm³/mol. The summed E-state index contributed by atoms with van der Waals surface area (Å²) in [5.74, 6) is -2.70. The standard InChI is InChI=1S/C16H13ClF3NO4/c1-15(14(24)25)6-2-3-9(13(22)23)12(15)21-8-4-5-11(17)10(7-8)16(18,19)20/h2-7,12,21H,1H3,(H,22,23)(H,24,25). The van der Waals surface area contributed by atoms with Gasteiger partial charge >= 0.3 is 18.1 Å². The molecule has 0 saturated heterocycles. The van der Waals surface area contributed by atoms with Crippen LogP contribution in [-0.2, 0) is 15.8 Å². The molecule has 2 atom stereocenters. The van der Waals surface area contributed by atoms with E-state index >= 15 is 0 Å². The van der Waals surface area contributed by atoms with Crippen LogP contribution < -0.4 is 5.32 Å². The Morgan fingerprint density at radius 3 is 2.44 bits per heavy atom. The van der Waals surface area contributed by atoms with E-state index in [1.54, 1.807) is 0 Å². The van der Waals surface area contributed by atoms with Crippen LogP contribution in [0.4, 0.5) is 18.9 Å². The highest BCUT2D eigenvalue weighted by Crippen LogP contribution is 2.38. The van der Waals surface area contributed by atoms with Crippen LogP contribution >= 0.6 is 11.6 Å². The third-order valence-corrected chi connectivity index (χ3v) is 4.25. The molecule has 1 aliphatic rings. The zero-order valence-electron chi connectivity index (χ0n) is 12.8. The first-order valence-electron chi connectivity index (χ1n) is 6.96. The maximum Gasteiger partial charge on any atom is 0.417 e. The van der Waals surface area contributed by atoms with E-state index in [4.69, 9.17) is 11.6 Å². The average Bonchev–Trinajstić information content (AvgIpc) is 2.49. The molecule has 0 bridgehead atoms. The number of nitrogens with one attached hydrogen (secondary N) is 1. The number of hydrogen-bond donors (Lipinski definition) is 3. The second kappa shape index (κ2) is 6.44. The molecule has 0 amide bonds. The zero-order valence-corrected chi connectivity index (χ0v) is 13.5. The number of carbonyl (C=O) groups is 2. The summed E-state index contributed by atoms with van der Waals surface area (Å²) < 4.78 is 38.9. The Balaban J connectivity index is 2.48. The summed E-state index contributed by atoms with van der Waals surface area (Å²) >= 11 is 5.55. The molecule has 3 N–H and O–H groups in total. The van der Waals surface area contributed by atoms with Gasteiger partial charge in [0.1, 0.15) is 5.41 Å². The largest absolute Gasteiger partial charge is 0.481 e. The number of carboxylic acid groups (broad SMARTS) is 2. The van der Waals surface area contributed by atoms with Crippen molar-refractivity contribution in [3.63, 3.8) is 0 Å². The first-order valence-corrected chi connectivity index (χ1v) is 7.34. The van der Waals surface area contributed by atoms with Crippen molar-refractivity contribution in [1.29, 1.82) is 0 Å². The van der Waals surface area contributed by atoms with E-state index in [-0.39, 0.29) is 11.3 Å². The van der Waals surface area contributed by atoms with E-state index in [1.165, 1.54) is 31.2 Å². The van der Waals surface area contributed by atoms with Crippen LogP contribution in [0.15, 0.2) is 42.0 Å². The molecule has 9 heteroatoms. The number of allylic oxidation sites excluding steroid dienone is 2. The summed E-state index contributed by atoms with van der Waals surface area (Å²) in [6.45, 7) is 1.28. The molecule has 25 heavy (non-hydrogen) atoms. The van der Waals surface area contributed by atoms with Crippen LogP contribution in [0.1, 0.15) is 12.5 Å². The number of anilines is 1. The molecular weight excluding hydrogens is 363 g/mol. The summed E-state index contributed by atoms with van der Waals surface area (Å²) in [7, 11) is 0. The molecule has 1 aromatic carbocycles. The number of aliphatic carboxylic acids is 2. The van der Waals surface area contributed by atoms with E-state index < -0.39 is 40.2 Å². The van der Waals surface area contributed by atoms with Crippen LogP contribution in [0.25, 0.3) is 0 Å². The van der Waals surface area contributed by atoms with Gasteiger partial charge in [0.25, 0.3) is 0 Å². The normalized spacial score (nSPS) is 23.1. The first kappa shape index (κ1) is 18.9. The van der Waals surface area contributed by atoms with Crippen molar-refractivity contribution >= 4 is 29.2 Å². The molecule has 0 saturated carbocycles. The Hall–Kier alpha value is -2.48. The lowest BCUT2D eigenvalue weighted by Gasteiger charge is -2.35. The van der Waals surface area contributed by atoms with Gasteiger partial charge in [-0.25, -0.2) is 4.79 Å². The summed E-state index contributed by atoms with van der Waals surface area (Å²) in [5.41, 5.74) is -3.16. The highest BCUT2D eigenvalue weighted by atomic mass is 35.5. The van der Waals surface area contributed by atoms with Crippen LogP contribution in [0, 0.1) is 5.41 Å². The van der Waals surface area contributed by atoms with Gasteiger partial charge in [0.15, 0.2) is 0 Å². The second-order valence-corrected chi connectivity index (χ2v) is 6.05. The van der Waals surface area contributed by atoms with Gasteiger partial charge in [-0.15, -0.1) is 0 Å². The van der Waals surface area contributed by atoms with E-state index in [0.717, 1.165) is 6.07 Å². The number of carboxylic acids is 2. The molecule has 0 heterocycles. The fraction of sp³-hybridized carbons (Fsp3) is 0.250. The molecule has 0 fully saturated rings. The minimum absolute atomic E-state index is 0.100. The highest BCUT2D eigenvalue weighted by molar-refractivity contribution is 6.31. The van der Waals surface area contributed by atoms with Gasteiger partial charge in [-0.1, -0.05) is 23.8 Å². The van der Waals surface area contributed by atoms with Crippen LogP contribution in [0.5, 0.6) is 0 Å². The maximum atomic E-state index is 13.0. The fourth-order valence-corrected chi connectivity index (χ4v) is 2.71. The van der Waals surface area contributed by atoms with Gasteiger partial charge < -0.3 is 15.5 Å². The average molecular weight is 376 g/mol. The lowest BCUT2D eigenvalue weighted by molar-refractivity contribution is -0.146. The molecule has 0 aromatic heterocycles. The monoisotopic (exact) mass is 375 g/mol. The molecule has 0 radical (unpaired) electrons. The number of halogens is 4. The van der Waals surface area contributed by atoms with E-state index in [0.29, 0.717) is 6.07 Å². The minimum Gasteiger partial charge on any atom is -0.481 e. The van der Waals surface area contributed by atoms with E-state index in [1.807, 2.05) is 0 Å². The summed E-state index contributed by atoms with van der Waals surface area (Å²) in [6, 6.07) is 1.66. The number of benzene rings is 1. The molecule has 0 spiro atoms. The molecule has 5 nitrogen and oxygen atoms in total. The van der Waals surface area contributed by atoms with Crippen molar-refractivity contribution in [3.05, 3.63) is 52.6 Å². The molecular formula is C16H13ClF3NO4. The molecule has 2 rings (SSSR count). The summed E-state index contributed by atoms with van der Waals surface area (Å²) in [6.07, 6.45) is -0.938. The molecule has 134 valence electrons. The number of hydrogen-bond acceptors (Lipinski definition) is 3. The highest BCUT2D eigenvalue weighted by Gasteiger charge is 2.45. The minimum atomic E-state index is -4.71. The molecule has 2 unspecified atom stereocenters. The fourth-order valence-electron chi connectivity index (χ4n) is 2.48. The Bertz CT molecular complexity index is 788. The van der Waals surface area contributed by atoms with Crippen LogP contribution in [-0.4, -0.2) is 28.2 Å². The van der Waals surface area contributed by atoms with E-state index in [9.17, 15) is 33.0 Å². The number of alkyl halides is 3. The van der Waals surface area contributed by atoms with Crippen molar-refractivity contribution in [1.82, 2.24) is 0 Å². The zero-order chi connectivity index (χ0) is 19.0. The van der Waals surface area contributed by atoms with Gasteiger partial charge in [-0.2, -0.15) is 13.2 Å². The van der Waals surface area contributed by atoms with Gasteiger partial charge in [-0.3, -0.25) is 4.79 Å². The van der Waals surface area contributed by atoms with Gasteiger partial charge in [0.05, 0.1) is 22.2 Å². The molecule has 1 aromatic rings. The summed E-state index contributed by atoms with van der Waals surface area (Å²) in [4.78, 5) is 23.0. The lowest BCUT2D eigenvalue weighted by atomic mass is 9.75. The van der Waals surface area contributed by atoms with Crippen molar-refractivity contribution in [3.8, 4) is 0 Å². The van der Waals surface area contributed by atoms with Crippen molar-refractivity contribution in [2.24, 2.45) is 5.41 Å². The number of rotatable bonds is 4. The van der Waals surface area contributed by atoms with Crippen molar-refractivity contribution in [2.75, 3.05) is 5.32 Å². The SMILES string of the molecule is CC1(C(=O)O)C=CC=C(C(=O)O)C1Nc1ccc(Cl)c(C(F)(F)F)c1. The smallest absolute Gasteiger partial charge is 0.417 e. The Kier molecular flexibility index (Phi) is 4.85. The van der Waals surface area contributed by atoms with Crippen LogP contribution in [0.3, 0.4) is 0 Å². The molecule has 0 aliphatic heterocycles. The van der Waals surface area contributed by atoms with E-state index in [2.05, 4.69) is 5.32 Å². The third-order valence-electron chi connectivity index (χ3n) is 3.92. The van der Waals surface area contributed by atoms with Crippen LogP contribution in [0.2, 0.25) is 5.02 Å². The summed E-state index contributed by atoms with van der Waals surface area (Å²) in [5, 5.41) is 20.8. The second-order valence-electron chi connectivity index (χ2n) is 5.64. The Morgan fingerprint density at radius 1 is 1.28 bits per heavy atom. The van der Waals surface area contributed by atoms with Crippen molar-refractivity contribution in [2.45, 2.75) is 19.1 Å². The van der Waals surface area contributed by atoms with Gasteiger partial charge in [-0.05, 0) is 31.2 Å². The first-order chi connectivity index (χ1) is 11.5. The molecule has 1 aliphatic carbocycles. The maximum absolute atomic E-state index is 13.0. The quantitative estimate of drug-likeness (QED) is 0.745. The van der Waals surface area contributed by atoms with Gasteiger partial charge in [0, 0.05) is 5.69 Å². The topological polar surface area (TPSA) is 86.6 Å². The Morgan fingerprint density at radius 2 is 1.92 bits per heavy atom. The van der Waals surface area contributed by atoms with Gasteiger partial charge in [0.2, 0.25) is 0 Å². The Labute approximate surface area is 145 Å². The lowest BCUT2D eigenvalue weighted by Crippen LogP contribution is -2.47. The predicted octanol–water partition coefficient (Wildman–Crippen LogP) is 3.81. The third kappa shape index (κ3) is 3.63.